The van der Waals surface area contributed by atoms with Gasteiger partial charge >= 0.3 is 0 Å². The molecule has 0 fully saturated rings. The molecule has 2 aliphatic heterocycles. The van der Waals surface area contributed by atoms with E-state index in [0.717, 1.165) is 33.6 Å². The molecule has 2 aliphatic rings. The van der Waals surface area contributed by atoms with Gasteiger partial charge in [0.05, 0.1) is 17.2 Å². The van der Waals surface area contributed by atoms with Crippen LogP contribution in [0, 0.1) is 13.8 Å². The molecule has 2 aromatic heterocycles. The number of hydrogen-bond donors (Lipinski definition) is 0. The zero-order valence-corrected chi connectivity index (χ0v) is 21.3. The normalized spacial score (nSPS) is 19.1. The van der Waals surface area contributed by atoms with Crippen molar-refractivity contribution in [3.05, 3.63) is 94.7 Å². The van der Waals surface area contributed by atoms with E-state index < -0.39 is 12.9 Å². The molecule has 5 nitrogen and oxygen atoms in total. The number of aromatic nitrogens is 2. The number of nitrogens with zero attached hydrogens (tertiary/aromatic N) is 3. The van der Waals surface area contributed by atoms with Crippen LogP contribution in [0.4, 0.5) is 0 Å². The highest BCUT2D eigenvalue weighted by Crippen LogP contribution is 2.48. The molecule has 184 valence electrons. The van der Waals surface area contributed by atoms with E-state index in [4.69, 9.17) is 18.6 Å². The number of aliphatic imine (C=N–C) groups is 1. The Morgan fingerprint density at radius 3 is 2.73 bits per heavy atom. The van der Waals surface area contributed by atoms with Crippen LogP contribution in [0.25, 0.3) is 27.6 Å². The molecule has 0 aliphatic carbocycles. The fraction of sp³-hybridized carbons (Fsp3) is 0.250. The summed E-state index contributed by atoms with van der Waals surface area (Å²) in [6.07, 6.45) is 1.84. The van der Waals surface area contributed by atoms with Crippen molar-refractivity contribution in [2.45, 2.75) is 46.0 Å². The first-order valence-electron chi connectivity index (χ1n) is 14.1. The molecule has 0 bridgehead atoms. The lowest BCUT2D eigenvalue weighted by molar-refractivity contribution is 0.324. The highest BCUT2D eigenvalue weighted by atomic mass is 16.5. The second-order valence-electron chi connectivity index (χ2n) is 10.6. The quantitative estimate of drug-likeness (QED) is 0.265. The zero-order valence-electron chi connectivity index (χ0n) is 24.3. The van der Waals surface area contributed by atoms with E-state index in [1.165, 1.54) is 22.0 Å². The summed E-state index contributed by atoms with van der Waals surface area (Å²) in [6, 6.07) is 19.9. The highest BCUT2D eigenvalue weighted by Gasteiger charge is 2.36. The van der Waals surface area contributed by atoms with Crippen LogP contribution in [0.15, 0.2) is 71.9 Å². The van der Waals surface area contributed by atoms with Crippen molar-refractivity contribution in [2.75, 3.05) is 6.61 Å². The van der Waals surface area contributed by atoms with Crippen LogP contribution in [0.2, 0.25) is 0 Å². The number of para-hydroxylation sites is 1. The SMILES string of the molecule is [2H]C([2H])([2H])[C@@H]1COC(c2cc(C)cc(Oc3cc4c(cc3C)C(C)(C)c3cccc5c6cccnc6n-4c35)c2)=N1. The van der Waals surface area contributed by atoms with Gasteiger partial charge < -0.3 is 9.47 Å². The second-order valence-corrected chi connectivity index (χ2v) is 10.6. The molecule has 0 amide bonds. The fourth-order valence-electron chi connectivity index (χ4n) is 5.84. The molecule has 0 saturated heterocycles. The third-order valence-corrected chi connectivity index (χ3v) is 7.61. The minimum absolute atomic E-state index is 0.0461. The molecule has 5 aromatic rings. The molecule has 37 heavy (non-hydrogen) atoms. The van der Waals surface area contributed by atoms with Crippen LogP contribution < -0.4 is 4.74 Å². The average Bonchev–Trinajstić information content (AvgIpc) is 3.53. The minimum atomic E-state index is -2.19. The number of aryl methyl sites for hydroxylation is 2. The lowest BCUT2D eigenvalue weighted by Crippen LogP contribution is -2.26. The summed E-state index contributed by atoms with van der Waals surface area (Å²) in [5.41, 5.74) is 8.13. The molecule has 7 rings (SSSR count). The third kappa shape index (κ3) is 3.23. The number of fused-ring (bicyclic) bond motifs is 5. The van der Waals surface area contributed by atoms with Gasteiger partial charge in [0, 0.05) is 38.1 Å². The molecule has 5 heteroatoms. The lowest BCUT2D eigenvalue weighted by Gasteiger charge is -2.35. The van der Waals surface area contributed by atoms with Crippen molar-refractivity contribution in [3.63, 3.8) is 0 Å². The molecule has 0 radical (unpaired) electrons. The monoisotopic (exact) mass is 490 g/mol. The van der Waals surface area contributed by atoms with Crippen molar-refractivity contribution in [1.82, 2.24) is 9.55 Å². The third-order valence-electron chi connectivity index (χ3n) is 7.61. The molecule has 0 unspecified atom stereocenters. The Morgan fingerprint density at radius 2 is 1.89 bits per heavy atom. The van der Waals surface area contributed by atoms with Crippen molar-refractivity contribution in [3.8, 4) is 17.2 Å². The minimum Gasteiger partial charge on any atom is -0.475 e. The van der Waals surface area contributed by atoms with Gasteiger partial charge in [-0.15, -0.1) is 0 Å². The molecule has 0 saturated carbocycles. The van der Waals surface area contributed by atoms with Gasteiger partial charge in [-0.3, -0.25) is 4.57 Å². The van der Waals surface area contributed by atoms with Crippen LogP contribution in [0.1, 0.15) is 52.6 Å². The van der Waals surface area contributed by atoms with Crippen molar-refractivity contribution in [1.29, 1.82) is 0 Å². The Hall–Kier alpha value is -4.12. The van der Waals surface area contributed by atoms with Gasteiger partial charge in [-0.05, 0) is 79.4 Å². The van der Waals surface area contributed by atoms with Crippen molar-refractivity contribution in [2.24, 2.45) is 4.99 Å². The number of ether oxygens (including phenoxy) is 2. The molecule has 3 aromatic carbocycles. The van der Waals surface area contributed by atoms with Crippen LogP contribution in [-0.2, 0) is 10.2 Å². The molecule has 1 atom stereocenters. The maximum Gasteiger partial charge on any atom is 0.216 e. The summed E-state index contributed by atoms with van der Waals surface area (Å²) in [5, 5.41) is 2.32. The second kappa shape index (κ2) is 7.69. The Morgan fingerprint density at radius 1 is 1.03 bits per heavy atom. The topological polar surface area (TPSA) is 48.6 Å². The van der Waals surface area contributed by atoms with Crippen molar-refractivity contribution < 1.29 is 13.6 Å². The van der Waals surface area contributed by atoms with Crippen LogP contribution in [0.5, 0.6) is 11.5 Å². The average molecular weight is 491 g/mol. The lowest BCUT2D eigenvalue weighted by atomic mass is 9.74. The molecular formula is C32H29N3O2. The standard InChI is InChI=1S/C32H29N3O2/c1-18-12-21(31-34-20(3)17-36-31)15-22(13-18)37-28-16-27-26(14-19(28)2)32(4,5)25-10-6-8-23-24-9-7-11-33-30(24)35(27)29(23)25/h6-16,20H,17H2,1-5H3/t20-/m1/s1/i3D3. The number of rotatable bonds is 3. The van der Waals surface area contributed by atoms with Gasteiger partial charge in [0.2, 0.25) is 5.90 Å². The Kier molecular flexibility index (Phi) is 3.96. The number of benzene rings is 3. The van der Waals surface area contributed by atoms with E-state index in [1.807, 2.05) is 37.4 Å². The zero-order chi connectivity index (χ0) is 28.0. The first-order chi connectivity index (χ1) is 19.0. The van der Waals surface area contributed by atoms with E-state index >= 15 is 0 Å². The number of pyridine rings is 1. The van der Waals surface area contributed by atoms with Gasteiger partial charge in [-0.1, -0.05) is 32.0 Å². The summed E-state index contributed by atoms with van der Waals surface area (Å²) in [5.74, 6) is 1.71. The Labute approximate surface area is 220 Å². The summed E-state index contributed by atoms with van der Waals surface area (Å²) in [6.45, 7) is 6.44. The Balaban J connectivity index is 1.36. The summed E-state index contributed by atoms with van der Waals surface area (Å²) in [4.78, 5) is 9.13. The Bertz CT molecular complexity index is 1880. The van der Waals surface area contributed by atoms with E-state index in [2.05, 4.69) is 66.7 Å². The van der Waals surface area contributed by atoms with Crippen LogP contribution >= 0.6 is 0 Å². The van der Waals surface area contributed by atoms with Gasteiger partial charge in [0.25, 0.3) is 0 Å². The van der Waals surface area contributed by atoms with Gasteiger partial charge in [-0.2, -0.15) is 0 Å². The summed E-state index contributed by atoms with van der Waals surface area (Å²) in [7, 11) is 0. The fourth-order valence-corrected chi connectivity index (χ4v) is 5.84. The molecule has 0 spiro atoms. The predicted octanol–water partition coefficient (Wildman–Crippen LogP) is 7.39. The van der Waals surface area contributed by atoms with Crippen LogP contribution in [-0.4, -0.2) is 28.1 Å². The van der Waals surface area contributed by atoms with Gasteiger partial charge in [0.15, 0.2) is 0 Å². The highest BCUT2D eigenvalue weighted by molar-refractivity contribution is 6.10. The van der Waals surface area contributed by atoms with E-state index in [0.29, 0.717) is 17.2 Å². The van der Waals surface area contributed by atoms with Crippen molar-refractivity contribution >= 4 is 27.8 Å². The first-order valence-corrected chi connectivity index (χ1v) is 12.6. The summed E-state index contributed by atoms with van der Waals surface area (Å²) < 4.78 is 37.5. The first kappa shape index (κ1) is 19.1. The molecule has 0 N–H and O–H groups in total. The number of hydrogen-bond acceptors (Lipinski definition) is 4. The van der Waals surface area contributed by atoms with Crippen LogP contribution in [0.3, 0.4) is 0 Å². The van der Waals surface area contributed by atoms with E-state index in [9.17, 15) is 0 Å². The molecule has 4 heterocycles. The maximum absolute atomic E-state index is 7.68. The summed E-state index contributed by atoms with van der Waals surface area (Å²) >= 11 is 0. The van der Waals surface area contributed by atoms with Gasteiger partial charge in [-0.25, -0.2) is 9.98 Å². The molecular weight excluding hydrogens is 458 g/mol. The largest absolute Gasteiger partial charge is 0.475 e. The maximum atomic E-state index is 7.68. The van der Waals surface area contributed by atoms with Gasteiger partial charge in [0.1, 0.15) is 23.8 Å². The van der Waals surface area contributed by atoms with E-state index in [-0.39, 0.29) is 12.0 Å². The smallest absolute Gasteiger partial charge is 0.216 e. The predicted molar refractivity (Wildman–Crippen MR) is 149 cm³/mol. The van der Waals surface area contributed by atoms with E-state index in [1.54, 1.807) is 0 Å².